The molecule has 0 atom stereocenters. The Morgan fingerprint density at radius 2 is 1.36 bits per heavy atom. The van der Waals surface area contributed by atoms with Gasteiger partial charge in [-0.1, -0.05) is 0 Å². The standard InChI is InChI=1S/C9H24N2OSi2/c1-13(2)7-9(5-10,6-11)8-14(3,4)12-13/h5-8,10-11H2,1-4H3. The highest BCUT2D eigenvalue weighted by Crippen LogP contribution is 2.43. The topological polar surface area (TPSA) is 61.3 Å². The zero-order valence-electron chi connectivity index (χ0n) is 9.89. The molecule has 84 valence electrons. The average molecular weight is 232 g/mol. The van der Waals surface area contributed by atoms with E-state index in [1.165, 1.54) is 0 Å². The van der Waals surface area contributed by atoms with E-state index in [1.54, 1.807) is 0 Å². The summed E-state index contributed by atoms with van der Waals surface area (Å²) in [6.07, 6.45) is 0. The van der Waals surface area contributed by atoms with Crippen molar-refractivity contribution in [3.63, 3.8) is 0 Å². The Morgan fingerprint density at radius 3 is 1.64 bits per heavy atom. The molecule has 1 aliphatic heterocycles. The quantitative estimate of drug-likeness (QED) is 0.706. The SMILES string of the molecule is C[Si]1(C)CC(CN)(CN)C[Si](C)(C)O1. The second-order valence-electron chi connectivity index (χ2n) is 5.88. The zero-order chi connectivity index (χ0) is 11.0. The van der Waals surface area contributed by atoms with Crippen molar-refractivity contribution >= 4 is 16.6 Å². The maximum atomic E-state index is 6.29. The molecule has 0 amide bonds. The van der Waals surface area contributed by atoms with Gasteiger partial charge in [-0.3, -0.25) is 0 Å². The molecule has 0 saturated carbocycles. The molecule has 1 heterocycles. The minimum atomic E-state index is -1.50. The summed E-state index contributed by atoms with van der Waals surface area (Å²) in [6, 6.07) is 2.26. The van der Waals surface area contributed by atoms with Gasteiger partial charge in [0, 0.05) is 0 Å². The summed E-state index contributed by atoms with van der Waals surface area (Å²) >= 11 is 0. The highest BCUT2D eigenvalue weighted by atomic mass is 28.4. The van der Waals surface area contributed by atoms with Crippen molar-refractivity contribution < 1.29 is 4.12 Å². The lowest BCUT2D eigenvalue weighted by Crippen LogP contribution is -2.59. The van der Waals surface area contributed by atoms with Crippen LogP contribution in [-0.4, -0.2) is 29.7 Å². The Labute approximate surface area is 89.5 Å². The third-order valence-electron chi connectivity index (χ3n) is 3.02. The number of hydrogen-bond acceptors (Lipinski definition) is 3. The molecule has 0 aliphatic carbocycles. The van der Waals surface area contributed by atoms with Crippen LogP contribution in [0, 0.1) is 5.41 Å². The summed E-state index contributed by atoms with van der Waals surface area (Å²) in [5, 5.41) is 0. The fourth-order valence-electron chi connectivity index (χ4n) is 3.06. The second-order valence-corrected chi connectivity index (χ2v) is 14.4. The first-order chi connectivity index (χ1) is 6.24. The molecular weight excluding hydrogens is 208 g/mol. The van der Waals surface area contributed by atoms with Crippen molar-refractivity contribution in [2.24, 2.45) is 16.9 Å². The van der Waals surface area contributed by atoms with Crippen LogP contribution >= 0.6 is 0 Å². The van der Waals surface area contributed by atoms with Crippen molar-refractivity contribution in [1.82, 2.24) is 0 Å². The van der Waals surface area contributed by atoms with Gasteiger partial charge in [-0.2, -0.15) is 0 Å². The van der Waals surface area contributed by atoms with Crippen LogP contribution in [0.4, 0.5) is 0 Å². The average Bonchev–Trinajstić information content (AvgIpc) is 1.98. The van der Waals surface area contributed by atoms with Crippen molar-refractivity contribution in [1.29, 1.82) is 0 Å². The lowest BCUT2D eigenvalue weighted by atomic mass is 9.93. The van der Waals surface area contributed by atoms with Crippen molar-refractivity contribution in [3.8, 4) is 0 Å². The van der Waals surface area contributed by atoms with Gasteiger partial charge in [0.1, 0.15) is 0 Å². The molecule has 1 fully saturated rings. The van der Waals surface area contributed by atoms with Gasteiger partial charge in [-0.05, 0) is 56.8 Å². The Hall–Kier alpha value is 0.314. The largest absolute Gasteiger partial charge is 0.455 e. The second kappa shape index (κ2) is 3.71. The Kier molecular flexibility index (Phi) is 3.29. The van der Waals surface area contributed by atoms with Crippen molar-refractivity contribution in [2.75, 3.05) is 13.1 Å². The Balaban J connectivity index is 2.90. The van der Waals surface area contributed by atoms with E-state index >= 15 is 0 Å². The van der Waals surface area contributed by atoms with Crippen LogP contribution in [0.5, 0.6) is 0 Å². The summed E-state index contributed by atoms with van der Waals surface area (Å²) in [5.74, 6) is 0. The molecule has 0 unspecified atom stereocenters. The lowest BCUT2D eigenvalue weighted by molar-refractivity contribution is 0.321. The molecule has 0 radical (unpaired) electrons. The molecule has 3 nitrogen and oxygen atoms in total. The lowest BCUT2D eigenvalue weighted by Gasteiger charge is -2.49. The van der Waals surface area contributed by atoms with Gasteiger partial charge in [0.2, 0.25) is 0 Å². The van der Waals surface area contributed by atoms with E-state index < -0.39 is 16.6 Å². The minimum Gasteiger partial charge on any atom is -0.455 e. The summed E-state index contributed by atoms with van der Waals surface area (Å²) < 4.78 is 6.29. The fourth-order valence-corrected chi connectivity index (χ4v) is 14.3. The molecule has 0 aromatic carbocycles. The number of nitrogens with two attached hydrogens (primary N) is 2. The van der Waals surface area contributed by atoms with E-state index in [4.69, 9.17) is 15.6 Å². The highest BCUT2D eigenvalue weighted by molar-refractivity contribution is 6.86. The molecule has 0 bridgehead atoms. The smallest absolute Gasteiger partial charge is 0.174 e. The molecule has 0 aromatic heterocycles. The predicted octanol–water partition coefficient (Wildman–Crippen LogP) is 1.33. The predicted molar refractivity (Wildman–Crippen MR) is 66.2 cm³/mol. The van der Waals surface area contributed by atoms with Crippen LogP contribution < -0.4 is 11.5 Å². The van der Waals surface area contributed by atoms with Crippen molar-refractivity contribution in [3.05, 3.63) is 0 Å². The Bertz CT molecular complexity index is 197. The summed E-state index contributed by atoms with van der Waals surface area (Å²) in [7, 11) is -3.00. The monoisotopic (exact) mass is 232 g/mol. The normalized spacial score (nSPS) is 28.7. The van der Waals surface area contributed by atoms with E-state index in [0.717, 1.165) is 25.2 Å². The van der Waals surface area contributed by atoms with E-state index in [9.17, 15) is 0 Å². The first-order valence-electron chi connectivity index (χ1n) is 5.35. The maximum absolute atomic E-state index is 6.29. The van der Waals surface area contributed by atoms with Crippen LogP contribution in [0.3, 0.4) is 0 Å². The van der Waals surface area contributed by atoms with Gasteiger partial charge in [0.15, 0.2) is 16.6 Å². The maximum Gasteiger partial charge on any atom is 0.174 e. The van der Waals surface area contributed by atoms with E-state index in [2.05, 4.69) is 26.2 Å². The first kappa shape index (κ1) is 12.4. The fraction of sp³-hybridized carbons (Fsp3) is 1.00. The van der Waals surface area contributed by atoms with Crippen LogP contribution in [0.25, 0.3) is 0 Å². The van der Waals surface area contributed by atoms with Crippen LogP contribution in [0.2, 0.25) is 38.3 Å². The van der Waals surface area contributed by atoms with Gasteiger partial charge >= 0.3 is 0 Å². The third kappa shape index (κ3) is 2.67. The van der Waals surface area contributed by atoms with E-state index in [1.807, 2.05) is 0 Å². The van der Waals surface area contributed by atoms with Crippen LogP contribution in [-0.2, 0) is 4.12 Å². The molecule has 14 heavy (non-hydrogen) atoms. The molecule has 1 saturated heterocycles. The molecule has 5 heteroatoms. The van der Waals surface area contributed by atoms with E-state index in [0.29, 0.717) is 0 Å². The van der Waals surface area contributed by atoms with Gasteiger partial charge in [-0.15, -0.1) is 0 Å². The van der Waals surface area contributed by atoms with Gasteiger partial charge in [0.05, 0.1) is 0 Å². The van der Waals surface area contributed by atoms with Gasteiger partial charge < -0.3 is 15.6 Å². The minimum absolute atomic E-state index is 0.184. The van der Waals surface area contributed by atoms with Crippen LogP contribution in [0.1, 0.15) is 0 Å². The Morgan fingerprint density at radius 1 is 1.00 bits per heavy atom. The molecular formula is C9H24N2OSi2. The van der Waals surface area contributed by atoms with Gasteiger partial charge in [0.25, 0.3) is 0 Å². The summed E-state index contributed by atoms with van der Waals surface area (Å²) in [6.45, 7) is 10.6. The number of rotatable bonds is 2. The zero-order valence-corrected chi connectivity index (χ0v) is 11.9. The molecule has 4 N–H and O–H groups in total. The summed E-state index contributed by atoms with van der Waals surface area (Å²) in [5.41, 5.74) is 12.0. The van der Waals surface area contributed by atoms with Gasteiger partial charge in [-0.25, -0.2) is 0 Å². The molecule has 0 spiro atoms. The number of hydrogen-bond donors (Lipinski definition) is 2. The molecule has 0 aromatic rings. The third-order valence-corrected chi connectivity index (χ3v) is 10.6. The highest BCUT2D eigenvalue weighted by Gasteiger charge is 2.49. The molecule has 1 rings (SSSR count). The van der Waals surface area contributed by atoms with Crippen molar-refractivity contribution in [2.45, 2.75) is 38.3 Å². The summed E-state index contributed by atoms with van der Waals surface area (Å²) in [4.78, 5) is 0. The van der Waals surface area contributed by atoms with Crippen LogP contribution in [0.15, 0.2) is 0 Å². The van der Waals surface area contributed by atoms with E-state index in [-0.39, 0.29) is 5.41 Å². The molecule has 1 aliphatic rings. The first-order valence-corrected chi connectivity index (χ1v) is 11.6.